The van der Waals surface area contributed by atoms with Crippen molar-refractivity contribution in [3.8, 4) is 5.75 Å². The van der Waals surface area contributed by atoms with Gasteiger partial charge in [0.05, 0.1) is 18.3 Å². The van der Waals surface area contributed by atoms with Gasteiger partial charge in [0.15, 0.2) is 0 Å². The summed E-state index contributed by atoms with van der Waals surface area (Å²) in [5, 5.41) is 1.01. The zero-order valence-electron chi connectivity index (χ0n) is 8.56. The van der Waals surface area contributed by atoms with Crippen molar-refractivity contribution in [3.05, 3.63) is 36.5 Å². The Morgan fingerprint density at radius 1 is 1.27 bits per heavy atom. The molecule has 0 aliphatic rings. The number of para-hydroxylation sites is 1. The summed E-state index contributed by atoms with van der Waals surface area (Å²) >= 11 is 0. The van der Waals surface area contributed by atoms with Gasteiger partial charge in [-0.3, -0.25) is 0 Å². The third-order valence-corrected chi connectivity index (χ3v) is 2.10. The first kappa shape index (κ1) is 9.93. The molecule has 0 N–H and O–H groups in total. The van der Waals surface area contributed by atoms with Crippen LogP contribution >= 0.6 is 0 Å². The van der Waals surface area contributed by atoms with Crippen molar-refractivity contribution in [3.63, 3.8) is 0 Å². The van der Waals surface area contributed by atoms with E-state index in [9.17, 15) is 0 Å². The highest BCUT2D eigenvalue weighted by atomic mass is 16.5. The van der Waals surface area contributed by atoms with Gasteiger partial charge in [0.25, 0.3) is 0 Å². The molecule has 0 fully saturated rings. The number of hydrogen-bond acceptors (Lipinski definition) is 3. The molecule has 1 radical (unpaired) electrons. The largest absolute Gasteiger partial charge is 0.490 e. The molecule has 0 aliphatic heterocycles. The lowest BCUT2D eigenvalue weighted by Gasteiger charge is -2.07. The molecule has 0 atom stereocenters. The van der Waals surface area contributed by atoms with Crippen molar-refractivity contribution >= 4 is 10.9 Å². The zero-order valence-corrected chi connectivity index (χ0v) is 8.56. The lowest BCUT2D eigenvalue weighted by molar-refractivity contribution is 0.147. The maximum atomic E-state index is 5.56. The minimum absolute atomic E-state index is 0.540. The molecule has 0 unspecified atom stereocenters. The second-order valence-corrected chi connectivity index (χ2v) is 3.11. The van der Waals surface area contributed by atoms with Crippen molar-refractivity contribution < 1.29 is 9.47 Å². The topological polar surface area (TPSA) is 31.4 Å². The molecule has 2 rings (SSSR count). The summed E-state index contributed by atoms with van der Waals surface area (Å²) in [7, 11) is 1.65. The number of pyridine rings is 1. The van der Waals surface area contributed by atoms with Crippen molar-refractivity contribution in [2.75, 3.05) is 20.3 Å². The quantitative estimate of drug-likeness (QED) is 0.711. The van der Waals surface area contributed by atoms with Crippen LogP contribution in [0.2, 0.25) is 0 Å². The molecule has 1 aromatic heterocycles. The highest BCUT2D eigenvalue weighted by Gasteiger charge is 2.01. The van der Waals surface area contributed by atoms with Crippen LogP contribution in [0.4, 0.5) is 0 Å². The van der Waals surface area contributed by atoms with Crippen molar-refractivity contribution in [1.82, 2.24) is 4.98 Å². The molecule has 1 heterocycles. The molecule has 0 saturated heterocycles. The van der Waals surface area contributed by atoms with Gasteiger partial charge in [0, 0.05) is 18.6 Å². The Labute approximate surface area is 88.7 Å². The summed E-state index contributed by atoms with van der Waals surface area (Å²) in [6.07, 6.45) is 2.82. The van der Waals surface area contributed by atoms with Gasteiger partial charge >= 0.3 is 0 Å². The summed E-state index contributed by atoms with van der Waals surface area (Å²) in [5.41, 5.74) is 0.896. The normalized spacial score (nSPS) is 10.5. The molecule has 3 heteroatoms. The van der Waals surface area contributed by atoms with Crippen LogP contribution < -0.4 is 4.74 Å². The van der Waals surface area contributed by atoms with E-state index in [2.05, 4.69) is 11.2 Å². The number of hydrogen-bond donors (Lipinski definition) is 0. The van der Waals surface area contributed by atoms with Crippen molar-refractivity contribution in [2.45, 2.75) is 0 Å². The number of rotatable bonds is 4. The highest BCUT2D eigenvalue weighted by molar-refractivity contribution is 5.84. The zero-order chi connectivity index (χ0) is 10.5. The third kappa shape index (κ3) is 2.25. The molecule has 1 aromatic carbocycles. The molecule has 77 valence electrons. The van der Waals surface area contributed by atoms with Gasteiger partial charge in [-0.25, -0.2) is 4.98 Å². The third-order valence-electron chi connectivity index (χ3n) is 2.10. The Balaban J connectivity index is 2.26. The first-order valence-electron chi connectivity index (χ1n) is 4.79. The standard InChI is InChI=1S/C12H12NO2/c1-14-8-9-15-12-6-7-13-11-5-3-2-4-10(11)12/h2-6H,8-9H2,1H3. The Bertz CT molecular complexity index is 437. The first-order valence-corrected chi connectivity index (χ1v) is 4.79. The Hall–Kier alpha value is -1.61. The van der Waals surface area contributed by atoms with Crippen LogP contribution in [-0.4, -0.2) is 25.3 Å². The monoisotopic (exact) mass is 202 g/mol. The average Bonchev–Trinajstić information content (AvgIpc) is 2.30. The number of fused-ring (bicyclic) bond motifs is 1. The van der Waals surface area contributed by atoms with Crippen LogP contribution in [0.1, 0.15) is 0 Å². The second kappa shape index (κ2) is 4.75. The van der Waals surface area contributed by atoms with E-state index in [1.807, 2.05) is 24.3 Å². The SMILES string of the molecule is COCCOc1c[c]nc2ccccc12. The molecule has 0 amide bonds. The number of methoxy groups -OCH3 is 1. The fraction of sp³-hybridized carbons (Fsp3) is 0.250. The maximum absolute atomic E-state index is 5.56. The predicted molar refractivity (Wildman–Crippen MR) is 58.0 cm³/mol. The van der Waals surface area contributed by atoms with Gasteiger partial charge in [0.1, 0.15) is 12.4 Å². The van der Waals surface area contributed by atoms with Crippen molar-refractivity contribution in [1.29, 1.82) is 0 Å². The Morgan fingerprint density at radius 2 is 2.13 bits per heavy atom. The van der Waals surface area contributed by atoms with Crippen molar-refractivity contribution in [2.24, 2.45) is 0 Å². The van der Waals surface area contributed by atoms with Gasteiger partial charge in [-0.2, -0.15) is 0 Å². The summed E-state index contributed by atoms with van der Waals surface area (Å²) in [6.45, 7) is 1.12. The van der Waals surface area contributed by atoms with Gasteiger partial charge in [0.2, 0.25) is 0 Å². The van der Waals surface area contributed by atoms with Crippen LogP contribution in [0.25, 0.3) is 10.9 Å². The summed E-state index contributed by atoms with van der Waals surface area (Å²) in [5.74, 6) is 0.803. The highest BCUT2D eigenvalue weighted by Crippen LogP contribution is 2.22. The van der Waals surface area contributed by atoms with E-state index in [1.165, 1.54) is 0 Å². The number of benzene rings is 1. The van der Waals surface area contributed by atoms with E-state index in [0.717, 1.165) is 16.7 Å². The average molecular weight is 202 g/mol. The molecular formula is C12H12NO2. The number of ether oxygens (including phenoxy) is 2. The molecule has 3 nitrogen and oxygen atoms in total. The molecule has 0 saturated carbocycles. The van der Waals surface area contributed by atoms with E-state index < -0.39 is 0 Å². The minimum atomic E-state index is 0.540. The molecular weight excluding hydrogens is 190 g/mol. The molecule has 2 aromatic rings. The van der Waals surface area contributed by atoms with Crippen LogP contribution in [0.3, 0.4) is 0 Å². The van der Waals surface area contributed by atoms with E-state index in [-0.39, 0.29) is 0 Å². The smallest absolute Gasteiger partial charge is 0.131 e. The van der Waals surface area contributed by atoms with Gasteiger partial charge in [-0.15, -0.1) is 0 Å². The van der Waals surface area contributed by atoms with Gasteiger partial charge in [-0.1, -0.05) is 12.1 Å². The first-order chi connectivity index (χ1) is 7.42. The second-order valence-electron chi connectivity index (χ2n) is 3.11. The van der Waals surface area contributed by atoms with Crippen LogP contribution in [0.5, 0.6) is 5.75 Å². The minimum Gasteiger partial charge on any atom is -0.490 e. The molecule has 0 spiro atoms. The van der Waals surface area contributed by atoms with E-state index in [4.69, 9.17) is 9.47 Å². The Morgan fingerprint density at radius 3 is 3.00 bits per heavy atom. The van der Waals surface area contributed by atoms with Crippen LogP contribution in [0, 0.1) is 6.20 Å². The fourth-order valence-electron chi connectivity index (χ4n) is 1.37. The van der Waals surface area contributed by atoms with E-state index in [0.29, 0.717) is 13.2 Å². The fourth-order valence-corrected chi connectivity index (χ4v) is 1.37. The van der Waals surface area contributed by atoms with Gasteiger partial charge in [-0.05, 0) is 12.1 Å². The van der Waals surface area contributed by atoms with Gasteiger partial charge < -0.3 is 9.47 Å². The van der Waals surface area contributed by atoms with E-state index >= 15 is 0 Å². The lowest BCUT2D eigenvalue weighted by atomic mass is 10.2. The number of nitrogens with zero attached hydrogens (tertiary/aromatic N) is 1. The molecule has 0 aliphatic carbocycles. The summed E-state index contributed by atoms with van der Waals surface area (Å²) < 4.78 is 10.5. The molecule has 0 bridgehead atoms. The molecule has 15 heavy (non-hydrogen) atoms. The summed E-state index contributed by atoms with van der Waals surface area (Å²) in [6, 6.07) is 9.58. The Kier molecular flexibility index (Phi) is 3.15. The number of aromatic nitrogens is 1. The predicted octanol–water partition coefficient (Wildman–Crippen LogP) is 2.06. The lowest BCUT2D eigenvalue weighted by Crippen LogP contribution is -2.04. The van der Waals surface area contributed by atoms with E-state index in [1.54, 1.807) is 13.2 Å². The van der Waals surface area contributed by atoms with Crippen LogP contribution in [-0.2, 0) is 4.74 Å². The maximum Gasteiger partial charge on any atom is 0.131 e. The summed E-state index contributed by atoms with van der Waals surface area (Å²) in [4.78, 5) is 4.13. The van der Waals surface area contributed by atoms with Crippen LogP contribution in [0.15, 0.2) is 30.3 Å².